The maximum atomic E-state index is 5.94. The van der Waals surface area contributed by atoms with Gasteiger partial charge in [0.05, 0.1) is 16.7 Å². The molecule has 0 unspecified atom stereocenters. The van der Waals surface area contributed by atoms with Crippen molar-refractivity contribution >= 4 is 23.2 Å². The van der Waals surface area contributed by atoms with E-state index in [0.717, 1.165) is 5.56 Å². The first kappa shape index (κ1) is 14.3. The Kier molecular flexibility index (Phi) is 5.15. The van der Waals surface area contributed by atoms with E-state index in [2.05, 4.69) is 10.1 Å². The van der Waals surface area contributed by atoms with Gasteiger partial charge in [-0.1, -0.05) is 34.4 Å². The van der Waals surface area contributed by atoms with Crippen LogP contribution in [0.5, 0.6) is 0 Å². The summed E-state index contributed by atoms with van der Waals surface area (Å²) in [6.07, 6.45) is 0.525. The molecule has 7 heteroatoms. The molecular formula is C12H13Cl2N3O2. The zero-order chi connectivity index (χ0) is 13.7. The average Bonchev–Trinajstić information content (AvgIpc) is 2.82. The molecule has 1 heterocycles. The Labute approximate surface area is 120 Å². The van der Waals surface area contributed by atoms with E-state index in [1.807, 2.05) is 6.07 Å². The van der Waals surface area contributed by atoms with Crippen LogP contribution in [0.15, 0.2) is 22.7 Å². The third kappa shape index (κ3) is 4.18. The van der Waals surface area contributed by atoms with Gasteiger partial charge in [-0.15, -0.1) is 0 Å². The number of hydrogen-bond acceptors (Lipinski definition) is 5. The number of rotatable bonds is 6. The minimum Gasteiger partial charge on any atom is -0.370 e. The van der Waals surface area contributed by atoms with E-state index >= 15 is 0 Å². The Bertz CT molecular complexity index is 546. The Hall–Kier alpha value is -1.14. The highest BCUT2D eigenvalue weighted by molar-refractivity contribution is 6.42. The fraction of sp³-hybridized carbons (Fsp3) is 0.333. The van der Waals surface area contributed by atoms with Crippen LogP contribution in [-0.2, 0) is 17.8 Å². The van der Waals surface area contributed by atoms with Gasteiger partial charge in [0, 0.05) is 13.0 Å². The van der Waals surface area contributed by atoms with Gasteiger partial charge in [0.2, 0.25) is 0 Å². The van der Waals surface area contributed by atoms with Crippen molar-refractivity contribution in [2.24, 2.45) is 5.73 Å². The second-order valence-electron chi connectivity index (χ2n) is 3.87. The van der Waals surface area contributed by atoms with Gasteiger partial charge >= 0.3 is 0 Å². The standard InChI is InChI=1S/C12H13Cl2N3O2/c13-9-2-1-8(5-10(9)14)6-11-16-12(19-17-11)7-18-4-3-15/h1-2,5H,3-4,6-7,15H2. The summed E-state index contributed by atoms with van der Waals surface area (Å²) in [4.78, 5) is 4.21. The Morgan fingerprint density at radius 2 is 2.11 bits per heavy atom. The summed E-state index contributed by atoms with van der Waals surface area (Å²) in [5, 5.41) is 4.90. The number of nitrogens with zero attached hydrogens (tertiary/aromatic N) is 2. The Morgan fingerprint density at radius 3 is 2.84 bits per heavy atom. The van der Waals surface area contributed by atoms with Gasteiger partial charge in [0.15, 0.2) is 5.82 Å². The molecule has 0 amide bonds. The average molecular weight is 302 g/mol. The Balaban J connectivity index is 1.97. The van der Waals surface area contributed by atoms with Gasteiger partial charge in [-0.3, -0.25) is 0 Å². The van der Waals surface area contributed by atoms with Crippen molar-refractivity contribution < 1.29 is 9.26 Å². The van der Waals surface area contributed by atoms with Crippen LogP contribution in [0.3, 0.4) is 0 Å². The lowest BCUT2D eigenvalue weighted by Gasteiger charge is -1.99. The van der Waals surface area contributed by atoms with E-state index in [1.54, 1.807) is 12.1 Å². The maximum absolute atomic E-state index is 5.94. The fourth-order valence-electron chi connectivity index (χ4n) is 1.50. The maximum Gasteiger partial charge on any atom is 0.252 e. The summed E-state index contributed by atoms with van der Waals surface area (Å²) in [7, 11) is 0. The van der Waals surface area contributed by atoms with Crippen LogP contribution in [0.2, 0.25) is 10.0 Å². The molecule has 0 radical (unpaired) electrons. The number of ether oxygens (including phenoxy) is 1. The van der Waals surface area contributed by atoms with Crippen molar-refractivity contribution in [1.29, 1.82) is 0 Å². The highest BCUT2D eigenvalue weighted by atomic mass is 35.5. The lowest BCUT2D eigenvalue weighted by molar-refractivity contribution is 0.104. The van der Waals surface area contributed by atoms with Crippen molar-refractivity contribution in [3.05, 3.63) is 45.5 Å². The fourth-order valence-corrected chi connectivity index (χ4v) is 1.82. The lowest BCUT2D eigenvalue weighted by Crippen LogP contribution is -2.08. The van der Waals surface area contributed by atoms with Crippen molar-refractivity contribution in [2.75, 3.05) is 13.2 Å². The highest BCUT2D eigenvalue weighted by Gasteiger charge is 2.08. The molecule has 0 bridgehead atoms. The first-order chi connectivity index (χ1) is 9.19. The molecule has 102 valence electrons. The quantitative estimate of drug-likeness (QED) is 0.830. The summed E-state index contributed by atoms with van der Waals surface area (Å²) < 4.78 is 10.3. The van der Waals surface area contributed by atoms with Crippen LogP contribution in [0.25, 0.3) is 0 Å². The molecule has 0 aliphatic rings. The number of nitrogens with two attached hydrogens (primary N) is 1. The van der Waals surface area contributed by atoms with E-state index in [0.29, 0.717) is 41.3 Å². The molecule has 0 aliphatic heterocycles. The van der Waals surface area contributed by atoms with E-state index in [1.165, 1.54) is 0 Å². The summed E-state index contributed by atoms with van der Waals surface area (Å²) >= 11 is 11.8. The van der Waals surface area contributed by atoms with Crippen LogP contribution in [0.4, 0.5) is 0 Å². The largest absolute Gasteiger partial charge is 0.370 e. The normalized spacial score (nSPS) is 10.9. The molecule has 2 N–H and O–H groups in total. The van der Waals surface area contributed by atoms with Crippen molar-refractivity contribution in [1.82, 2.24) is 10.1 Å². The molecule has 0 spiro atoms. The smallest absolute Gasteiger partial charge is 0.252 e. The van der Waals surface area contributed by atoms with E-state index in [4.69, 9.17) is 38.2 Å². The number of halogens is 2. The second kappa shape index (κ2) is 6.86. The number of hydrogen-bond donors (Lipinski definition) is 1. The minimum absolute atomic E-state index is 0.269. The molecule has 1 aromatic carbocycles. The predicted molar refractivity (Wildman–Crippen MR) is 72.3 cm³/mol. The molecule has 0 atom stereocenters. The summed E-state index contributed by atoms with van der Waals surface area (Å²) in [5.74, 6) is 1.01. The molecule has 0 aliphatic carbocycles. The highest BCUT2D eigenvalue weighted by Crippen LogP contribution is 2.23. The van der Waals surface area contributed by atoms with Crippen molar-refractivity contribution in [2.45, 2.75) is 13.0 Å². The molecule has 5 nitrogen and oxygen atoms in total. The zero-order valence-corrected chi connectivity index (χ0v) is 11.6. The Morgan fingerprint density at radius 1 is 1.26 bits per heavy atom. The van der Waals surface area contributed by atoms with Crippen LogP contribution >= 0.6 is 23.2 Å². The zero-order valence-electron chi connectivity index (χ0n) is 10.1. The summed E-state index contributed by atoms with van der Waals surface area (Å²) in [6.45, 7) is 1.19. The van der Waals surface area contributed by atoms with Gasteiger partial charge in [0.25, 0.3) is 5.89 Å². The van der Waals surface area contributed by atoms with Gasteiger partial charge < -0.3 is 15.0 Å². The molecule has 0 saturated heterocycles. The van der Waals surface area contributed by atoms with Gasteiger partial charge in [-0.2, -0.15) is 4.98 Å². The van der Waals surface area contributed by atoms with Crippen LogP contribution in [0, 0.1) is 0 Å². The monoisotopic (exact) mass is 301 g/mol. The van der Waals surface area contributed by atoms with Gasteiger partial charge in [-0.05, 0) is 17.7 Å². The number of aromatic nitrogens is 2. The van der Waals surface area contributed by atoms with Crippen LogP contribution in [-0.4, -0.2) is 23.3 Å². The molecule has 0 fully saturated rings. The van der Waals surface area contributed by atoms with E-state index in [9.17, 15) is 0 Å². The second-order valence-corrected chi connectivity index (χ2v) is 4.69. The summed E-state index contributed by atoms with van der Waals surface area (Å²) in [5.41, 5.74) is 6.27. The van der Waals surface area contributed by atoms with Gasteiger partial charge in [-0.25, -0.2) is 0 Å². The molecular weight excluding hydrogens is 289 g/mol. The topological polar surface area (TPSA) is 74.2 Å². The molecule has 2 rings (SSSR count). The number of benzene rings is 1. The molecule has 19 heavy (non-hydrogen) atoms. The van der Waals surface area contributed by atoms with Crippen LogP contribution < -0.4 is 5.73 Å². The first-order valence-corrected chi connectivity index (χ1v) is 6.48. The SMILES string of the molecule is NCCOCc1nc(Cc2ccc(Cl)c(Cl)c2)no1. The van der Waals surface area contributed by atoms with Crippen LogP contribution in [0.1, 0.15) is 17.3 Å². The van der Waals surface area contributed by atoms with E-state index < -0.39 is 0 Å². The lowest BCUT2D eigenvalue weighted by atomic mass is 10.1. The summed E-state index contributed by atoms with van der Waals surface area (Å²) in [6, 6.07) is 5.39. The minimum atomic E-state index is 0.269. The van der Waals surface area contributed by atoms with Crippen molar-refractivity contribution in [3.8, 4) is 0 Å². The molecule has 0 saturated carbocycles. The first-order valence-electron chi connectivity index (χ1n) is 5.72. The van der Waals surface area contributed by atoms with Gasteiger partial charge in [0.1, 0.15) is 6.61 Å². The third-order valence-electron chi connectivity index (χ3n) is 2.34. The third-order valence-corrected chi connectivity index (χ3v) is 3.08. The van der Waals surface area contributed by atoms with E-state index in [-0.39, 0.29) is 6.61 Å². The van der Waals surface area contributed by atoms with Crippen molar-refractivity contribution in [3.63, 3.8) is 0 Å². The molecule has 1 aromatic heterocycles. The molecule has 2 aromatic rings. The predicted octanol–water partition coefficient (Wildman–Crippen LogP) is 2.44.